The maximum atomic E-state index is 12.5. The Bertz CT molecular complexity index is 912. The molecular formula is C18H26N2O7Si. The van der Waals surface area contributed by atoms with Crippen molar-refractivity contribution >= 4 is 13.9 Å². The predicted octanol–water partition coefficient (Wildman–Crippen LogP) is 0.563. The Labute approximate surface area is 162 Å². The Hall–Kier alpha value is -1.85. The maximum absolute atomic E-state index is 12.5. The van der Waals surface area contributed by atoms with Crippen molar-refractivity contribution in [1.29, 1.82) is 0 Å². The summed E-state index contributed by atoms with van der Waals surface area (Å²) in [5.41, 5.74) is 0.166. The molecule has 28 heavy (non-hydrogen) atoms. The van der Waals surface area contributed by atoms with Crippen LogP contribution < -0.4 is 11.2 Å². The van der Waals surface area contributed by atoms with Crippen LogP contribution in [0.3, 0.4) is 0 Å². The standard InChI is InChI=1S/C18H26N2O7Si/c1-18(2)26-13-12(9-21)25-16(14(13)27-18)20-8-10(15(23)19-17(20)24)11(22)6-7-28(3,4)5/h6-8,12-14,16,21H,9H2,1-5H3,(H,19,23,24)/b7-6+/t12-,13-,14-,16-/m1/s1. The fourth-order valence-corrected chi connectivity index (χ4v) is 3.95. The van der Waals surface area contributed by atoms with E-state index in [4.69, 9.17) is 14.2 Å². The number of hydrogen-bond acceptors (Lipinski definition) is 7. The van der Waals surface area contributed by atoms with Crippen molar-refractivity contribution in [3.05, 3.63) is 44.4 Å². The van der Waals surface area contributed by atoms with Crippen LogP contribution >= 0.6 is 0 Å². The van der Waals surface area contributed by atoms with Crippen molar-refractivity contribution < 1.29 is 24.1 Å². The number of carbonyl (C=O) groups is 1. The van der Waals surface area contributed by atoms with Crippen molar-refractivity contribution in [2.45, 2.75) is 63.8 Å². The SMILES string of the molecule is CC1(C)O[C@@H]2[C@H](O1)[C@@H](CO)O[C@H]2n1cc(C(=O)/C=C/[Si](C)(C)C)c(=O)[nH]c1=O. The third kappa shape index (κ3) is 4.10. The van der Waals surface area contributed by atoms with Crippen LogP contribution in [0.15, 0.2) is 27.6 Å². The summed E-state index contributed by atoms with van der Waals surface area (Å²) in [6.07, 6.45) is -0.319. The Kier molecular flexibility index (Phi) is 5.36. The van der Waals surface area contributed by atoms with E-state index in [0.29, 0.717) is 0 Å². The molecule has 3 heterocycles. The highest BCUT2D eigenvalue weighted by molar-refractivity contribution is 6.81. The molecular weight excluding hydrogens is 384 g/mol. The third-order valence-electron chi connectivity index (χ3n) is 4.55. The molecule has 2 N–H and O–H groups in total. The summed E-state index contributed by atoms with van der Waals surface area (Å²) in [7, 11) is -1.64. The Morgan fingerprint density at radius 2 is 1.93 bits per heavy atom. The van der Waals surface area contributed by atoms with Gasteiger partial charge in [0, 0.05) is 6.20 Å². The largest absolute Gasteiger partial charge is 0.394 e. The number of carbonyl (C=O) groups excluding carboxylic acids is 1. The molecule has 4 atom stereocenters. The average Bonchev–Trinajstić information content (AvgIpc) is 3.05. The van der Waals surface area contributed by atoms with Crippen LogP contribution in [0.2, 0.25) is 19.6 Å². The molecule has 0 unspecified atom stereocenters. The lowest BCUT2D eigenvalue weighted by atomic mass is 10.1. The minimum atomic E-state index is -1.64. The number of H-pyrrole nitrogens is 1. The molecule has 1 aromatic rings. The van der Waals surface area contributed by atoms with E-state index in [0.717, 1.165) is 4.57 Å². The van der Waals surface area contributed by atoms with Crippen molar-refractivity contribution in [1.82, 2.24) is 9.55 Å². The lowest BCUT2D eigenvalue weighted by Gasteiger charge is -2.24. The number of aromatic amines is 1. The van der Waals surface area contributed by atoms with Crippen LogP contribution in [-0.2, 0) is 14.2 Å². The molecule has 10 heteroatoms. The Morgan fingerprint density at radius 1 is 1.29 bits per heavy atom. The van der Waals surface area contributed by atoms with Crippen LogP contribution in [0, 0.1) is 0 Å². The molecule has 9 nitrogen and oxygen atoms in total. The van der Waals surface area contributed by atoms with Gasteiger partial charge in [-0.1, -0.05) is 25.3 Å². The van der Waals surface area contributed by atoms with Crippen LogP contribution in [0.5, 0.6) is 0 Å². The third-order valence-corrected chi connectivity index (χ3v) is 5.71. The van der Waals surface area contributed by atoms with E-state index in [1.807, 2.05) is 5.70 Å². The summed E-state index contributed by atoms with van der Waals surface area (Å²) < 4.78 is 18.5. The number of aromatic nitrogens is 2. The Morgan fingerprint density at radius 3 is 2.54 bits per heavy atom. The van der Waals surface area contributed by atoms with Gasteiger partial charge in [0.05, 0.1) is 14.7 Å². The topological polar surface area (TPSA) is 120 Å². The molecule has 0 saturated carbocycles. The monoisotopic (exact) mass is 410 g/mol. The van der Waals surface area contributed by atoms with Gasteiger partial charge < -0.3 is 19.3 Å². The molecule has 0 radical (unpaired) electrons. The highest BCUT2D eigenvalue weighted by atomic mass is 28.3. The Balaban J connectivity index is 1.99. The lowest BCUT2D eigenvalue weighted by Crippen LogP contribution is -2.39. The normalized spacial score (nSPS) is 29.4. The van der Waals surface area contributed by atoms with Gasteiger partial charge in [-0.2, -0.15) is 0 Å². The summed E-state index contributed by atoms with van der Waals surface area (Å²) in [6, 6.07) is 0. The average molecular weight is 410 g/mol. The number of rotatable bonds is 5. The molecule has 2 aliphatic heterocycles. The highest BCUT2D eigenvalue weighted by Crippen LogP contribution is 2.42. The van der Waals surface area contributed by atoms with Gasteiger partial charge in [-0.3, -0.25) is 19.1 Å². The van der Waals surface area contributed by atoms with Gasteiger partial charge in [-0.25, -0.2) is 4.79 Å². The summed E-state index contributed by atoms with van der Waals surface area (Å²) in [5.74, 6) is -1.40. The minimum absolute atomic E-state index is 0.167. The van der Waals surface area contributed by atoms with Crippen LogP contribution in [0.25, 0.3) is 0 Å². The first-order valence-electron chi connectivity index (χ1n) is 9.13. The first kappa shape index (κ1) is 20.9. The summed E-state index contributed by atoms with van der Waals surface area (Å²) in [6.45, 7) is 9.30. The first-order valence-corrected chi connectivity index (χ1v) is 12.7. The van der Waals surface area contributed by atoms with Gasteiger partial charge in [0.1, 0.15) is 23.9 Å². The molecule has 2 fully saturated rings. The lowest BCUT2D eigenvalue weighted by molar-refractivity contribution is -0.200. The van der Waals surface area contributed by atoms with Crippen LogP contribution in [-0.4, -0.2) is 59.2 Å². The predicted molar refractivity (Wildman–Crippen MR) is 103 cm³/mol. The molecule has 3 rings (SSSR count). The number of ketones is 1. The summed E-state index contributed by atoms with van der Waals surface area (Å²) in [5, 5.41) is 9.59. The van der Waals surface area contributed by atoms with Gasteiger partial charge in [-0.15, -0.1) is 0 Å². The smallest absolute Gasteiger partial charge is 0.330 e. The molecule has 2 saturated heterocycles. The number of ether oxygens (including phenoxy) is 3. The quantitative estimate of drug-likeness (QED) is 0.413. The molecule has 0 aromatic carbocycles. The zero-order valence-corrected chi connectivity index (χ0v) is 17.6. The summed E-state index contributed by atoms with van der Waals surface area (Å²) >= 11 is 0. The van der Waals surface area contributed by atoms with E-state index in [9.17, 15) is 19.5 Å². The second-order valence-electron chi connectivity index (χ2n) is 8.59. The number of hydrogen-bond donors (Lipinski definition) is 2. The van der Waals surface area contributed by atoms with E-state index in [1.165, 1.54) is 12.3 Å². The molecule has 0 spiro atoms. The zero-order chi connectivity index (χ0) is 20.9. The van der Waals surface area contributed by atoms with Crippen molar-refractivity contribution in [2.75, 3.05) is 6.61 Å². The second kappa shape index (κ2) is 7.19. The number of aliphatic hydroxyl groups excluding tert-OH is 1. The van der Waals surface area contributed by atoms with E-state index in [-0.39, 0.29) is 12.2 Å². The molecule has 2 aliphatic rings. The van der Waals surface area contributed by atoms with Gasteiger partial charge in [-0.05, 0) is 19.9 Å². The maximum Gasteiger partial charge on any atom is 0.330 e. The van der Waals surface area contributed by atoms with Crippen molar-refractivity contribution in [2.24, 2.45) is 0 Å². The van der Waals surface area contributed by atoms with Gasteiger partial charge >= 0.3 is 5.69 Å². The fourth-order valence-electron chi connectivity index (χ4n) is 3.30. The number of nitrogens with zero attached hydrogens (tertiary/aromatic N) is 1. The first-order chi connectivity index (χ1) is 12.9. The minimum Gasteiger partial charge on any atom is -0.394 e. The van der Waals surface area contributed by atoms with Crippen LogP contribution in [0.1, 0.15) is 30.4 Å². The molecule has 154 valence electrons. The van der Waals surface area contributed by atoms with E-state index < -0.39 is 55.4 Å². The van der Waals surface area contributed by atoms with E-state index in [2.05, 4.69) is 24.6 Å². The fraction of sp³-hybridized carbons (Fsp3) is 0.611. The number of aliphatic hydroxyl groups is 1. The van der Waals surface area contributed by atoms with Gasteiger partial charge in [0.25, 0.3) is 5.56 Å². The molecule has 0 aliphatic carbocycles. The van der Waals surface area contributed by atoms with E-state index in [1.54, 1.807) is 13.8 Å². The van der Waals surface area contributed by atoms with Crippen molar-refractivity contribution in [3.8, 4) is 0 Å². The van der Waals surface area contributed by atoms with Crippen LogP contribution in [0.4, 0.5) is 0 Å². The second-order valence-corrected chi connectivity index (χ2v) is 13.7. The summed E-state index contributed by atoms with van der Waals surface area (Å²) in [4.78, 5) is 39.3. The number of allylic oxidation sites excluding steroid dienone is 1. The van der Waals surface area contributed by atoms with Gasteiger partial charge in [0.2, 0.25) is 0 Å². The van der Waals surface area contributed by atoms with Crippen molar-refractivity contribution in [3.63, 3.8) is 0 Å². The number of fused-ring (bicyclic) bond motifs is 1. The molecule has 0 amide bonds. The van der Waals surface area contributed by atoms with E-state index >= 15 is 0 Å². The zero-order valence-electron chi connectivity index (χ0n) is 16.6. The molecule has 0 bridgehead atoms. The highest BCUT2D eigenvalue weighted by Gasteiger charge is 2.55. The molecule has 1 aromatic heterocycles. The van der Waals surface area contributed by atoms with Gasteiger partial charge in [0.15, 0.2) is 17.8 Å². The number of nitrogens with one attached hydrogen (secondary N) is 1.